The lowest BCUT2D eigenvalue weighted by Gasteiger charge is -2.29. The number of nitrogens with zero attached hydrogens (tertiary/aromatic N) is 5. The normalized spacial score (nSPS) is 21.1. The number of carbonyl (C=O) groups is 1. The fraction of sp³-hybridized carbons (Fsp3) is 0.727. The van der Waals surface area contributed by atoms with Gasteiger partial charge < -0.3 is 19.7 Å². The number of methoxy groups -OCH3 is 1. The molecule has 1 unspecified atom stereocenters. The number of alkyl halides is 2. The summed E-state index contributed by atoms with van der Waals surface area (Å²) < 4.78 is 38.0. The molecule has 0 aromatic carbocycles. The van der Waals surface area contributed by atoms with E-state index in [0.29, 0.717) is 56.5 Å². The third-order valence-electron chi connectivity index (χ3n) is 5.96. The van der Waals surface area contributed by atoms with E-state index in [9.17, 15) is 13.6 Å². The van der Waals surface area contributed by atoms with Crippen LogP contribution in [0.15, 0.2) is 11.2 Å². The zero-order valence-corrected chi connectivity index (χ0v) is 19.8. The van der Waals surface area contributed by atoms with Crippen molar-refractivity contribution in [3.05, 3.63) is 6.07 Å². The van der Waals surface area contributed by atoms with Crippen molar-refractivity contribution in [1.82, 2.24) is 14.9 Å². The van der Waals surface area contributed by atoms with Crippen molar-refractivity contribution >= 4 is 23.6 Å². The van der Waals surface area contributed by atoms with Gasteiger partial charge in [-0.2, -0.15) is 15.1 Å². The molecule has 3 rings (SSSR count). The minimum atomic E-state index is -2.59. The number of halogens is 2. The molecule has 2 fully saturated rings. The third kappa shape index (κ3) is 6.88. The first-order valence-electron chi connectivity index (χ1n) is 11.6. The Morgan fingerprint density at radius 3 is 2.67 bits per heavy atom. The summed E-state index contributed by atoms with van der Waals surface area (Å²) in [6.45, 7) is 7.39. The lowest BCUT2D eigenvalue weighted by molar-refractivity contribution is -0.0361. The average molecular weight is 469 g/mol. The Balaban J connectivity index is 1.80. The van der Waals surface area contributed by atoms with Crippen LogP contribution in [0.25, 0.3) is 0 Å². The van der Waals surface area contributed by atoms with E-state index in [-0.39, 0.29) is 31.1 Å². The first kappa shape index (κ1) is 24.9. The number of hydrogen-bond acceptors (Lipinski definition) is 8. The molecule has 1 N–H and O–H groups in total. The minimum Gasteiger partial charge on any atom is -0.472 e. The smallest absolute Gasteiger partial charge is 0.409 e. The van der Waals surface area contributed by atoms with E-state index in [4.69, 9.17) is 9.47 Å². The number of anilines is 2. The fourth-order valence-corrected chi connectivity index (χ4v) is 3.88. The van der Waals surface area contributed by atoms with Gasteiger partial charge in [0.05, 0.1) is 13.7 Å². The highest BCUT2D eigenvalue weighted by atomic mass is 19.3. The van der Waals surface area contributed by atoms with Crippen molar-refractivity contribution in [2.24, 2.45) is 5.10 Å². The highest BCUT2D eigenvalue weighted by Gasteiger charge is 2.35. The van der Waals surface area contributed by atoms with Gasteiger partial charge in [0, 0.05) is 50.2 Å². The Morgan fingerprint density at radius 1 is 1.30 bits per heavy atom. The van der Waals surface area contributed by atoms with Gasteiger partial charge in [0.2, 0.25) is 11.8 Å². The molecule has 1 aliphatic carbocycles. The number of ether oxygens (including phenoxy) is 2. The number of aromatic nitrogens is 2. The molecular formula is C22H34F2N6O3. The van der Waals surface area contributed by atoms with Crippen LogP contribution in [0.5, 0.6) is 5.88 Å². The number of carbonyl (C=O) groups excluding carboxylic acids is 1. The summed E-state index contributed by atoms with van der Waals surface area (Å²) in [5, 5.41) is 9.56. The van der Waals surface area contributed by atoms with Crippen LogP contribution >= 0.6 is 0 Å². The number of hydrogen-bond donors (Lipinski definition) is 1. The van der Waals surface area contributed by atoms with Crippen LogP contribution in [-0.2, 0) is 4.74 Å². The van der Waals surface area contributed by atoms with Crippen molar-refractivity contribution < 1.29 is 23.0 Å². The van der Waals surface area contributed by atoms with E-state index in [0.717, 1.165) is 12.1 Å². The van der Waals surface area contributed by atoms with Crippen molar-refractivity contribution in [3.8, 4) is 5.88 Å². The van der Waals surface area contributed by atoms with Crippen LogP contribution in [0.2, 0.25) is 0 Å². The second-order valence-electron chi connectivity index (χ2n) is 8.52. The highest BCUT2D eigenvalue weighted by molar-refractivity contribution is 5.82. The molecule has 1 atom stereocenters. The Kier molecular flexibility index (Phi) is 8.25. The highest BCUT2D eigenvalue weighted by Crippen LogP contribution is 2.34. The summed E-state index contributed by atoms with van der Waals surface area (Å²) in [5.41, 5.74) is 0.931. The summed E-state index contributed by atoms with van der Waals surface area (Å²) >= 11 is 0. The van der Waals surface area contributed by atoms with Crippen LogP contribution in [0, 0.1) is 0 Å². The Bertz CT molecular complexity index is 843. The van der Waals surface area contributed by atoms with Crippen molar-refractivity contribution in [2.75, 3.05) is 37.1 Å². The second kappa shape index (κ2) is 10.9. The van der Waals surface area contributed by atoms with E-state index < -0.39 is 5.92 Å². The van der Waals surface area contributed by atoms with Gasteiger partial charge in [-0.15, -0.1) is 0 Å². The molecule has 33 heavy (non-hydrogen) atoms. The Labute approximate surface area is 193 Å². The fourth-order valence-electron chi connectivity index (χ4n) is 3.88. The lowest BCUT2D eigenvalue weighted by atomic mass is 9.92. The van der Waals surface area contributed by atoms with Gasteiger partial charge >= 0.3 is 6.09 Å². The summed E-state index contributed by atoms with van der Waals surface area (Å²) in [5.74, 6) is -1.36. The first-order valence-corrected chi connectivity index (χ1v) is 11.6. The number of rotatable bonds is 8. The molecular weight excluding hydrogens is 434 g/mol. The molecule has 1 amide bonds. The maximum Gasteiger partial charge on any atom is 0.409 e. The van der Waals surface area contributed by atoms with E-state index in [1.54, 1.807) is 16.0 Å². The topological polar surface area (TPSA) is 92.2 Å². The van der Waals surface area contributed by atoms with Crippen molar-refractivity contribution in [2.45, 2.75) is 77.4 Å². The van der Waals surface area contributed by atoms with Crippen LogP contribution in [0.4, 0.5) is 25.3 Å². The summed E-state index contributed by atoms with van der Waals surface area (Å²) in [6, 6.07) is 1.58. The summed E-state index contributed by atoms with van der Waals surface area (Å²) in [7, 11) is 1.35. The molecule has 2 heterocycles. The molecule has 1 aromatic rings. The molecule has 1 saturated carbocycles. The van der Waals surface area contributed by atoms with Gasteiger partial charge in [-0.3, -0.25) is 0 Å². The number of hydrazone groups is 1. The Morgan fingerprint density at radius 2 is 2.03 bits per heavy atom. The van der Waals surface area contributed by atoms with E-state index in [1.165, 1.54) is 7.11 Å². The van der Waals surface area contributed by atoms with Gasteiger partial charge in [-0.05, 0) is 33.1 Å². The molecule has 1 aliphatic heterocycles. The third-order valence-corrected chi connectivity index (χ3v) is 5.96. The van der Waals surface area contributed by atoms with Gasteiger partial charge in [0.1, 0.15) is 11.9 Å². The quantitative estimate of drug-likeness (QED) is 0.449. The standard InChI is InChI=1S/C22H34F2N6O3/c1-5-15(3)28-30(6-2)20-26-18(25-16-7-10-22(23,24)11-8-16)13-19(27-20)33-17-9-12-29(14-17)21(31)32-4/h13,16-17H,5-12,14H2,1-4H3,(H,25,26,27)/b28-15+. The molecule has 11 heteroatoms. The van der Waals surface area contributed by atoms with Crippen molar-refractivity contribution in [3.63, 3.8) is 0 Å². The monoisotopic (exact) mass is 468 g/mol. The molecule has 0 radical (unpaired) electrons. The van der Waals surface area contributed by atoms with Gasteiger partial charge in [-0.1, -0.05) is 6.92 Å². The minimum absolute atomic E-state index is 0.0996. The average Bonchev–Trinajstić information content (AvgIpc) is 3.26. The SMILES string of the molecule is CC/C(C)=N/N(CC)c1nc(NC2CCC(F)(F)CC2)cc(OC2CCN(C(=O)OC)C2)n1. The predicted octanol–water partition coefficient (Wildman–Crippen LogP) is 4.30. The molecule has 0 spiro atoms. The zero-order valence-electron chi connectivity index (χ0n) is 19.8. The van der Waals surface area contributed by atoms with E-state index in [2.05, 4.69) is 20.4 Å². The number of nitrogens with one attached hydrogen (secondary N) is 1. The van der Waals surface area contributed by atoms with Crippen LogP contribution in [0.3, 0.4) is 0 Å². The van der Waals surface area contributed by atoms with Crippen LogP contribution in [-0.4, -0.2) is 71.5 Å². The van der Waals surface area contributed by atoms with E-state index in [1.807, 2.05) is 20.8 Å². The Hall–Kier alpha value is -2.72. The lowest BCUT2D eigenvalue weighted by Crippen LogP contribution is -2.32. The zero-order chi connectivity index (χ0) is 24.0. The van der Waals surface area contributed by atoms with Gasteiger partial charge in [-0.25, -0.2) is 18.6 Å². The summed E-state index contributed by atoms with van der Waals surface area (Å²) in [4.78, 5) is 22.5. The maximum atomic E-state index is 13.6. The largest absolute Gasteiger partial charge is 0.472 e. The maximum absolute atomic E-state index is 13.6. The molecule has 1 saturated heterocycles. The predicted molar refractivity (Wildman–Crippen MR) is 122 cm³/mol. The molecule has 2 aliphatic rings. The molecule has 9 nitrogen and oxygen atoms in total. The molecule has 0 bridgehead atoms. The van der Waals surface area contributed by atoms with Gasteiger partial charge in [0.15, 0.2) is 0 Å². The second-order valence-corrected chi connectivity index (χ2v) is 8.52. The molecule has 184 valence electrons. The van der Waals surface area contributed by atoms with Crippen LogP contribution in [0.1, 0.15) is 59.3 Å². The first-order chi connectivity index (χ1) is 15.7. The number of likely N-dealkylation sites (tertiary alicyclic amines) is 1. The molecule has 1 aromatic heterocycles. The van der Waals surface area contributed by atoms with Crippen LogP contribution < -0.4 is 15.1 Å². The van der Waals surface area contributed by atoms with Gasteiger partial charge in [0.25, 0.3) is 5.95 Å². The summed E-state index contributed by atoms with van der Waals surface area (Å²) in [6.07, 6.45) is 1.27. The van der Waals surface area contributed by atoms with E-state index >= 15 is 0 Å². The number of amides is 1. The van der Waals surface area contributed by atoms with Crippen molar-refractivity contribution in [1.29, 1.82) is 0 Å².